The first-order valence-electron chi connectivity index (χ1n) is 6.01. The van der Waals surface area contributed by atoms with Gasteiger partial charge in [0.05, 0.1) is 6.54 Å². The van der Waals surface area contributed by atoms with Gasteiger partial charge in [0.1, 0.15) is 5.82 Å². The van der Waals surface area contributed by atoms with E-state index in [0.717, 1.165) is 11.3 Å². The van der Waals surface area contributed by atoms with E-state index in [1.54, 1.807) is 12.1 Å². The molecular weight excluding hydrogens is 368 g/mol. The minimum absolute atomic E-state index is 0. The molecule has 0 spiro atoms. The van der Waals surface area contributed by atoms with Crippen molar-refractivity contribution in [1.29, 1.82) is 0 Å². The van der Waals surface area contributed by atoms with Crippen LogP contribution in [0.5, 0.6) is 0 Å². The molecule has 2 rings (SSSR count). The monoisotopic (exact) mass is 385 g/mol. The summed E-state index contributed by atoms with van der Waals surface area (Å²) in [5.74, 6) is 0.0895. The number of aryl methyl sites for hydroxylation is 1. The Hall–Kier alpha value is -1.63. The van der Waals surface area contributed by atoms with Crippen LogP contribution in [0.2, 0.25) is 0 Å². The van der Waals surface area contributed by atoms with Crippen molar-refractivity contribution in [1.82, 2.24) is 0 Å². The molecule has 0 bridgehead atoms. The number of anilines is 1. The molecule has 0 saturated heterocycles. The molecule has 20 heavy (non-hydrogen) atoms. The first-order valence-corrected chi connectivity index (χ1v) is 6.01. The van der Waals surface area contributed by atoms with Gasteiger partial charge in [-0.3, -0.25) is 0 Å². The molecule has 0 unspecified atom stereocenters. The first kappa shape index (κ1) is 16.4. The van der Waals surface area contributed by atoms with Crippen LogP contribution in [0.4, 0.5) is 10.1 Å². The van der Waals surface area contributed by atoms with Crippen molar-refractivity contribution in [3.8, 4) is 0 Å². The Morgan fingerprint density at radius 2 is 1.70 bits per heavy atom. The van der Waals surface area contributed by atoms with E-state index in [9.17, 15) is 4.39 Å². The van der Waals surface area contributed by atoms with Crippen molar-refractivity contribution < 1.29 is 4.39 Å². The zero-order chi connectivity index (χ0) is 13.7. The smallest absolute Gasteiger partial charge is 0.193 e. The van der Waals surface area contributed by atoms with Crippen LogP contribution in [0.1, 0.15) is 11.1 Å². The van der Waals surface area contributed by atoms with E-state index in [2.05, 4.69) is 10.3 Å². The third-order valence-electron chi connectivity index (χ3n) is 2.67. The van der Waals surface area contributed by atoms with Crippen LogP contribution in [0, 0.1) is 12.7 Å². The van der Waals surface area contributed by atoms with Crippen LogP contribution >= 0.6 is 24.0 Å². The summed E-state index contributed by atoms with van der Waals surface area (Å²) in [4.78, 5) is 4.20. The van der Waals surface area contributed by atoms with Gasteiger partial charge in [-0.25, -0.2) is 9.38 Å². The van der Waals surface area contributed by atoms with Gasteiger partial charge in [-0.1, -0.05) is 29.8 Å². The minimum Gasteiger partial charge on any atom is -0.370 e. The molecule has 0 aliphatic carbocycles. The van der Waals surface area contributed by atoms with E-state index < -0.39 is 0 Å². The van der Waals surface area contributed by atoms with Crippen LogP contribution in [0.3, 0.4) is 0 Å². The zero-order valence-electron chi connectivity index (χ0n) is 11.1. The van der Waals surface area contributed by atoms with E-state index in [1.165, 1.54) is 17.7 Å². The lowest BCUT2D eigenvalue weighted by atomic mass is 10.2. The second kappa shape index (κ2) is 7.84. The van der Waals surface area contributed by atoms with Crippen LogP contribution in [0.15, 0.2) is 53.5 Å². The summed E-state index contributed by atoms with van der Waals surface area (Å²) >= 11 is 0. The quantitative estimate of drug-likeness (QED) is 0.481. The number of benzene rings is 2. The predicted molar refractivity (Wildman–Crippen MR) is 91.9 cm³/mol. The molecule has 0 aliphatic rings. The Balaban J connectivity index is 0.00000200. The van der Waals surface area contributed by atoms with Crippen LogP contribution in [-0.4, -0.2) is 5.96 Å². The van der Waals surface area contributed by atoms with Gasteiger partial charge in [0.25, 0.3) is 0 Å². The normalized spacial score (nSPS) is 10.8. The summed E-state index contributed by atoms with van der Waals surface area (Å²) in [6, 6.07) is 14.1. The largest absolute Gasteiger partial charge is 0.370 e. The lowest BCUT2D eigenvalue weighted by Crippen LogP contribution is -2.22. The summed E-state index contributed by atoms with van der Waals surface area (Å²) in [6.07, 6.45) is 0. The van der Waals surface area contributed by atoms with Gasteiger partial charge in [-0.2, -0.15) is 0 Å². The Labute approximate surface area is 135 Å². The van der Waals surface area contributed by atoms with E-state index in [4.69, 9.17) is 5.73 Å². The molecule has 3 N–H and O–H groups in total. The molecular formula is C15H17FIN3. The van der Waals surface area contributed by atoms with Crippen molar-refractivity contribution in [3.63, 3.8) is 0 Å². The second-order valence-electron chi connectivity index (χ2n) is 4.32. The average Bonchev–Trinajstić information content (AvgIpc) is 2.41. The average molecular weight is 385 g/mol. The maximum Gasteiger partial charge on any atom is 0.193 e. The molecule has 0 aromatic heterocycles. The van der Waals surface area contributed by atoms with Crippen molar-refractivity contribution >= 4 is 35.6 Å². The maximum absolute atomic E-state index is 12.7. The van der Waals surface area contributed by atoms with Gasteiger partial charge in [0.2, 0.25) is 0 Å². The van der Waals surface area contributed by atoms with Gasteiger partial charge in [-0.15, -0.1) is 24.0 Å². The minimum atomic E-state index is -0.251. The van der Waals surface area contributed by atoms with E-state index in [-0.39, 0.29) is 29.8 Å². The topological polar surface area (TPSA) is 50.4 Å². The zero-order valence-corrected chi connectivity index (χ0v) is 13.5. The maximum atomic E-state index is 12.7. The van der Waals surface area contributed by atoms with E-state index in [1.807, 2.05) is 31.2 Å². The number of halogens is 2. The van der Waals surface area contributed by atoms with Gasteiger partial charge in [0, 0.05) is 5.69 Å². The Kier molecular flexibility index (Phi) is 6.44. The predicted octanol–water partition coefficient (Wildman–Crippen LogP) is 3.68. The molecule has 0 amide bonds. The number of rotatable bonds is 3. The summed E-state index contributed by atoms with van der Waals surface area (Å²) < 4.78 is 12.7. The molecule has 0 atom stereocenters. The third kappa shape index (κ3) is 5.16. The molecule has 0 heterocycles. The highest BCUT2D eigenvalue weighted by Gasteiger charge is 1.96. The van der Waals surface area contributed by atoms with Crippen LogP contribution in [-0.2, 0) is 6.54 Å². The summed E-state index contributed by atoms with van der Waals surface area (Å²) in [6.45, 7) is 2.45. The highest BCUT2D eigenvalue weighted by molar-refractivity contribution is 14.0. The number of guanidine groups is 1. The number of nitrogens with two attached hydrogens (primary N) is 1. The van der Waals surface area contributed by atoms with Crippen molar-refractivity contribution in [3.05, 3.63) is 65.5 Å². The van der Waals surface area contributed by atoms with Crippen molar-refractivity contribution in [2.45, 2.75) is 13.5 Å². The number of nitrogens with one attached hydrogen (secondary N) is 1. The third-order valence-corrected chi connectivity index (χ3v) is 2.67. The van der Waals surface area contributed by atoms with Gasteiger partial charge < -0.3 is 11.1 Å². The molecule has 5 heteroatoms. The lowest BCUT2D eigenvalue weighted by Gasteiger charge is -2.06. The van der Waals surface area contributed by atoms with Gasteiger partial charge >= 0.3 is 0 Å². The lowest BCUT2D eigenvalue weighted by molar-refractivity contribution is 0.627. The fraction of sp³-hybridized carbons (Fsp3) is 0.133. The molecule has 0 radical (unpaired) electrons. The number of hydrogen-bond donors (Lipinski definition) is 2. The van der Waals surface area contributed by atoms with Crippen molar-refractivity contribution in [2.75, 3.05) is 5.32 Å². The molecule has 106 valence electrons. The van der Waals surface area contributed by atoms with Gasteiger partial charge in [-0.05, 0) is 36.8 Å². The van der Waals surface area contributed by atoms with Crippen LogP contribution in [0.25, 0.3) is 0 Å². The standard InChI is InChI=1S/C15H16FN3.HI/c1-11-2-8-14(9-3-11)19-15(17)18-10-12-4-6-13(16)7-5-12;/h2-9H,10H2,1H3,(H3,17,18,19);1H. The Morgan fingerprint density at radius 1 is 1.10 bits per heavy atom. The SMILES string of the molecule is Cc1ccc(NC(N)=NCc2ccc(F)cc2)cc1.I. The fourth-order valence-corrected chi connectivity index (χ4v) is 1.59. The molecule has 0 aliphatic heterocycles. The molecule has 2 aromatic carbocycles. The molecule has 0 fully saturated rings. The highest BCUT2D eigenvalue weighted by atomic mass is 127. The summed E-state index contributed by atoms with van der Waals surface area (Å²) in [7, 11) is 0. The summed E-state index contributed by atoms with van der Waals surface area (Å²) in [5.41, 5.74) is 8.78. The number of aliphatic imine (C=N–C) groups is 1. The van der Waals surface area contributed by atoms with Gasteiger partial charge in [0.15, 0.2) is 5.96 Å². The van der Waals surface area contributed by atoms with E-state index >= 15 is 0 Å². The second-order valence-corrected chi connectivity index (χ2v) is 4.32. The first-order chi connectivity index (χ1) is 9.13. The van der Waals surface area contributed by atoms with Crippen LogP contribution < -0.4 is 11.1 Å². The molecule has 3 nitrogen and oxygen atoms in total. The van der Waals surface area contributed by atoms with Crippen molar-refractivity contribution in [2.24, 2.45) is 10.7 Å². The fourth-order valence-electron chi connectivity index (χ4n) is 1.59. The Morgan fingerprint density at radius 3 is 2.30 bits per heavy atom. The Bertz CT molecular complexity index is 565. The number of nitrogens with zero attached hydrogens (tertiary/aromatic N) is 1. The highest BCUT2D eigenvalue weighted by Crippen LogP contribution is 2.08. The van der Waals surface area contributed by atoms with E-state index in [0.29, 0.717) is 12.5 Å². The summed E-state index contributed by atoms with van der Waals surface area (Å²) in [5, 5.41) is 3.00. The molecule has 2 aromatic rings. The number of hydrogen-bond acceptors (Lipinski definition) is 1. The molecule has 0 saturated carbocycles.